The van der Waals surface area contributed by atoms with Crippen LogP contribution in [0.15, 0.2) is 16.6 Å². The van der Waals surface area contributed by atoms with Gasteiger partial charge >= 0.3 is 0 Å². The van der Waals surface area contributed by atoms with Gasteiger partial charge in [0.05, 0.1) is 13.1 Å². The minimum atomic E-state index is 0.230. The highest BCUT2D eigenvalue weighted by Crippen LogP contribution is 2.16. The van der Waals surface area contributed by atoms with Gasteiger partial charge in [0.1, 0.15) is 5.84 Å². The molecule has 2 aliphatic heterocycles. The van der Waals surface area contributed by atoms with Crippen LogP contribution in [0.4, 0.5) is 0 Å². The number of amidine groups is 1. The van der Waals surface area contributed by atoms with E-state index in [1.165, 1.54) is 6.42 Å². The lowest BCUT2D eigenvalue weighted by atomic mass is 10.1. The Hall–Kier alpha value is -1.16. The van der Waals surface area contributed by atoms with Crippen LogP contribution in [0.2, 0.25) is 0 Å². The van der Waals surface area contributed by atoms with Crippen molar-refractivity contribution in [2.24, 2.45) is 10.9 Å². The molecule has 0 unspecified atom stereocenters. The number of likely N-dealkylation sites (tertiary alicyclic amines) is 1. The summed E-state index contributed by atoms with van der Waals surface area (Å²) < 4.78 is 0. The summed E-state index contributed by atoms with van der Waals surface area (Å²) in [6, 6.07) is 0.355. The predicted octanol–water partition coefficient (Wildman–Crippen LogP) is 1.23. The summed E-state index contributed by atoms with van der Waals surface area (Å²) in [6.45, 7) is 9.59. The first-order chi connectivity index (χ1) is 8.54. The highest BCUT2D eigenvalue weighted by atomic mass is 16.1. The lowest BCUT2D eigenvalue weighted by Crippen LogP contribution is -2.29. The van der Waals surface area contributed by atoms with Crippen LogP contribution < -0.4 is 5.32 Å². The van der Waals surface area contributed by atoms with Crippen LogP contribution >= 0.6 is 0 Å². The molecule has 0 spiro atoms. The first kappa shape index (κ1) is 13.3. The Labute approximate surface area is 109 Å². The monoisotopic (exact) mass is 249 g/mol. The van der Waals surface area contributed by atoms with Gasteiger partial charge in [0.2, 0.25) is 0 Å². The van der Waals surface area contributed by atoms with Gasteiger partial charge in [-0.3, -0.25) is 14.7 Å². The molecule has 100 valence electrons. The van der Waals surface area contributed by atoms with E-state index in [0.29, 0.717) is 19.1 Å². The van der Waals surface area contributed by atoms with Crippen molar-refractivity contribution in [3.05, 3.63) is 11.6 Å². The van der Waals surface area contributed by atoms with Crippen LogP contribution in [0.5, 0.6) is 0 Å². The molecule has 18 heavy (non-hydrogen) atoms. The molecule has 0 bridgehead atoms. The van der Waals surface area contributed by atoms with Gasteiger partial charge in [-0.1, -0.05) is 6.92 Å². The fourth-order valence-corrected chi connectivity index (χ4v) is 2.45. The number of ketones is 1. The Bertz CT molecular complexity index is 385. The average Bonchev–Trinajstić information content (AvgIpc) is 2.87. The van der Waals surface area contributed by atoms with Crippen molar-refractivity contribution in [3.8, 4) is 0 Å². The van der Waals surface area contributed by atoms with Gasteiger partial charge in [-0.05, 0) is 38.8 Å². The SMILES string of the molecule is CC(C)NC1=NCC(C(=O)CN2CC[C@H](C)C2)=C1. The fourth-order valence-electron chi connectivity index (χ4n) is 2.45. The summed E-state index contributed by atoms with van der Waals surface area (Å²) in [6.07, 6.45) is 3.12. The van der Waals surface area contributed by atoms with Crippen LogP contribution in [0.1, 0.15) is 27.2 Å². The minimum Gasteiger partial charge on any atom is -0.368 e. The molecule has 4 heteroatoms. The van der Waals surface area contributed by atoms with Crippen molar-refractivity contribution in [2.45, 2.75) is 33.2 Å². The lowest BCUT2D eigenvalue weighted by molar-refractivity contribution is -0.116. The maximum absolute atomic E-state index is 12.1. The number of rotatable bonds is 4. The van der Waals surface area contributed by atoms with Crippen molar-refractivity contribution in [1.82, 2.24) is 10.2 Å². The second-order valence-electron chi connectivity index (χ2n) is 5.72. The molecule has 2 rings (SSSR count). The molecule has 0 aromatic heterocycles. The largest absolute Gasteiger partial charge is 0.368 e. The van der Waals surface area contributed by atoms with Gasteiger partial charge in [-0.25, -0.2) is 0 Å². The lowest BCUT2D eigenvalue weighted by Gasteiger charge is -2.14. The number of aliphatic imine (C=N–C) groups is 1. The van der Waals surface area contributed by atoms with E-state index >= 15 is 0 Å². The van der Waals surface area contributed by atoms with Crippen molar-refractivity contribution in [3.63, 3.8) is 0 Å². The average molecular weight is 249 g/mol. The van der Waals surface area contributed by atoms with Gasteiger partial charge in [0.25, 0.3) is 0 Å². The first-order valence-corrected chi connectivity index (χ1v) is 6.81. The smallest absolute Gasteiger partial charge is 0.174 e. The van der Waals surface area contributed by atoms with Crippen LogP contribution in [-0.2, 0) is 4.79 Å². The third-order valence-corrected chi connectivity index (χ3v) is 3.40. The quantitative estimate of drug-likeness (QED) is 0.815. The molecule has 0 aromatic rings. The van der Waals surface area contributed by atoms with E-state index in [4.69, 9.17) is 0 Å². The highest BCUT2D eigenvalue weighted by Gasteiger charge is 2.23. The second-order valence-corrected chi connectivity index (χ2v) is 5.72. The van der Waals surface area contributed by atoms with E-state index in [9.17, 15) is 4.79 Å². The Balaban J connectivity index is 1.84. The molecule has 0 saturated carbocycles. The van der Waals surface area contributed by atoms with Gasteiger partial charge < -0.3 is 5.32 Å². The molecule has 0 radical (unpaired) electrons. The third-order valence-electron chi connectivity index (χ3n) is 3.40. The molecule has 2 heterocycles. The highest BCUT2D eigenvalue weighted by molar-refractivity contribution is 6.07. The third kappa shape index (κ3) is 3.42. The van der Waals surface area contributed by atoms with Crippen molar-refractivity contribution in [1.29, 1.82) is 0 Å². The molecule has 1 atom stereocenters. The fraction of sp³-hybridized carbons (Fsp3) is 0.714. The van der Waals surface area contributed by atoms with Crippen LogP contribution in [0.3, 0.4) is 0 Å². The number of carbonyl (C=O) groups is 1. The first-order valence-electron chi connectivity index (χ1n) is 6.81. The summed E-state index contributed by atoms with van der Waals surface area (Å²) in [5, 5.41) is 3.24. The van der Waals surface area contributed by atoms with E-state index in [0.717, 1.165) is 30.4 Å². The molecule has 1 N–H and O–H groups in total. The summed E-state index contributed by atoms with van der Waals surface area (Å²) in [7, 11) is 0. The van der Waals surface area contributed by atoms with Gasteiger partial charge in [-0.15, -0.1) is 0 Å². The number of nitrogens with one attached hydrogen (secondary N) is 1. The Morgan fingerprint density at radius 2 is 2.39 bits per heavy atom. The molecular formula is C14H23N3O. The van der Waals surface area contributed by atoms with Crippen LogP contribution in [0, 0.1) is 5.92 Å². The molecule has 2 aliphatic rings. The molecule has 1 saturated heterocycles. The zero-order chi connectivity index (χ0) is 13.1. The van der Waals surface area contributed by atoms with E-state index in [-0.39, 0.29) is 5.78 Å². The standard InChI is InChI=1S/C14H23N3O/c1-10(2)16-14-6-12(7-15-14)13(18)9-17-5-4-11(3)8-17/h6,10-11H,4-5,7-9H2,1-3H3,(H,15,16)/t11-/m0/s1. The van der Waals surface area contributed by atoms with Gasteiger partial charge in [0, 0.05) is 18.2 Å². The molecule has 0 aromatic carbocycles. The topological polar surface area (TPSA) is 44.7 Å². The van der Waals surface area contributed by atoms with Gasteiger partial charge in [0.15, 0.2) is 5.78 Å². The predicted molar refractivity (Wildman–Crippen MR) is 73.9 cm³/mol. The molecule has 0 aliphatic carbocycles. The summed E-state index contributed by atoms with van der Waals surface area (Å²) in [5.74, 6) is 1.81. The van der Waals surface area contributed by atoms with Crippen LogP contribution in [0.25, 0.3) is 0 Å². The van der Waals surface area contributed by atoms with Crippen LogP contribution in [-0.4, -0.2) is 48.7 Å². The summed E-state index contributed by atoms with van der Waals surface area (Å²) in [4.78, 5) is 18.7. The number of Topliss-reactive ketones (excluding diaryl/α,β-unsaturated/α-hetero) is 1. The maximum Gasteiger partial charge on any atom is 0.174 e. The number of hydrogen-bond acceptors (Lipinski definition) is 4. The van der Waals surface area contributed by atoms with E-state index in [1.54, 1.807) is 0 Å². The van der Waals surface area contributed by atoms with E-state index in [2.05, 4.69) is 36.0 Å². The van der Waals surface area contributed by atoms with Crippen molar-refractivity contribution >= 4 is 11.6 Å². The molecular weight excluding hydrogens is 226 g/mol. The zero-order valence-corrected chi connectivity index (χ0v) is 11.6. The molecule has 1 fully saturated rings. The Kier molecular flexibility index (Phi) is 4.17. The number of hydrogen-bond donors (Lipinski definition) is 1. The van der Waals surface area contributed by atoms with Gasteiger partial charge in [-0.2, -0.15) is 0 Å². The number of carbonyl (C=O) groups excluding carboxylic acids is 1. The van der Waals surface area contributed by atoms with E-state index in [1.807, 2.05) is 6.08 Å². The number of nitrogens with zero attached hydrogens (tertiary/aromatic N) is 2. The Morgan fingerprint density at radius 3 is 3.00 bits per heavy atom. The summed E-state index contributed by atoms with van der Waals surface area (Å²) >= 11 is 0. The Morgan fingerprint density at radius 1 is 1.61 bits per heavy atom. The minimum absolute atomic E-state index is 0.230. The maximum atomic E-state index is 12.1. The molecule has 0 amide bonds. The summed E-state index contributed by atoms with van der Waals surface area (Å²) in [5.41, 5.74) is 0.845. The van der Waals surface area contributed by atoms with Crippen molar-refractivity contribution in [2.75, 3.05) is 26.2 Å². The second kappa shape index (κ2) is 5.65. The normalized spacial score (nSPS) is 24.3. The molecule has 4 nitrogen and oxygen atoms in total. The zero-order valence-electron chi connectivity index (χ0n) is 11.6. The van der Waals surface area contributed by atoms with E-state index < -0.39 is 0 Å². The van der Waals surface area contributed by atoms with Crippen molar-refractivity contribution < 1.29 is 4.79 Å².